The topological polar surface area (TPSA) is 56.4 Å². The Hall–Kier alpha value is -2.47. The molecular formula is C18H21N2O4+. The van der Waals surface area contributed by atoms with Crippen LogP contribution in [0.5, 0.6) is 11.5 Å². The molecule has 0 unspecified atom stereocenters. The number of hydrogen-bond donors (Lipinski definition) is 1. The van der Waals surface area contributed by atoms with Crippen LogP contribution in [0.15, 0.2) is 41.0 Å². The molecule has 0 radical (unpaired) electrons. The van der Waals surface area contributed by atoms with Gasteiger partial charge in [0.1, 0.15) is 19.8 Å². The highest BCUT2D eigenvalue weighted by Crippen LogP contribution is 2.30. The second kappa shape index (κ2) is 6.57. The van der Waals surface area contributed by atoms with E-state index in [1.165, 1.54) is 16.7 Å². The summed E-state index contributed by atoms with van der Waals surface area (Å²) in [5.74, 6) is 2.07. The van der Waals surface area contributed by atoms with Crippen LogP contribution in [-0.2, 0) is 6.54 Å². The summed E-state index contributed by atoms with van der Waals surface area (Å²) in [5.41, 5.74) is 1.24. The van der Waals surface area contributed by atoms with E-state index in [-0.39, 0.29) is 5.91 Å². The number of ether oxygens (including phenoxy) is 2. The Bertz CT molecular complexity index is 706. The number of benzene rings is 1. The van der Waals surface area contributed by atoms with Gasteiger partial charge < -0.3 is 23.7 Å². The van der Waals surface area contributed by atoms with Crippen molar-refractivity contribution in [3.63, 3.8) is 0 Å². The Kier molecular flexibility index (Phi) is 4.13. The Morgan fingerprint density at radius 2 is 1.88 bits per heavy atom. The first kappa shape index (κ1) is 15.1. The number of piperazine rings is 1. The van der Waals surface area contributed by atoms with Crippen LogP contribution in [0.4, 0.5) is 0 Å². The summed E-state index contributed by atoms with van der Waals surface area (Å²) < 4.78 is 16.4. The van der Waals surface area contributed by atoms with Crippen molar-refractivity contribution in [1.29, 1.82) is 0 Å². The molecule has 0 spiro atoms. The van der Waals surface area contributed by atoms with E-state index < -0.39 is 0 Å². The maximum Gasteiger partial charge on any atom is 0.289 e. The summed E-state index contributed by atoms with van der Waals surface area (Å²) >= 11 is 0. The minimum absolute atomic E-state index is 0.0154. The first-order chi connectivity index (χ1) is 11.8. The van der Waals surface area contributed by atoms with E-state index in [0.29, 0.717) is 19.0 Å². The van der Waals surface area contributed by atoms with Crippen LogP contribution < -0.4 is 14.4 Å². The van der Waals surface area contributed by atoms with Crippen molar-refractivity contribution in [2.24, 2.45) is 0 Å². The lowest BCUT2D eigenvalue weighted by Gasteiger charge is -2.32. The van der Waals surface area contributed by atoms with Gasteiger partial charge in [-0.25, -0.2) is 0 Å². The minimum atomic E-state index is -0.0154. The van der Waals surface area contributed by atoms with Gasteiger partial charge in [0, 0.05) is 5.56 Å². The molecule has 2 aliphatic heterocycles. The molecule has 6 nitrogen and oxygen atoms in total. The number of hydrogen-bond acceptors (Lipinski definition) is 4. The maximum absolute atomic E-state index is 12.3. The molecule has 1 amide bonds. The third-order valence-corrected chi connectivity index (χ3v) is 4.55. The fourth-order valence-corrected chi connectivity index (χ4v) is 3.25. The number of carbonyl (C=O) groups excluding carboxylic acids is 1. The third kappa shape index (κ3) is 3.10. The van der Waals surface area contributed by atoms with Crippen molar-refractivity contribution in [2.45, 2.75) is 6.54 Å². The Morgan fingerprint density at radius 1 is 1.08 bits per heavy atom. The van der Waals surface area contributed by atoms with Gasteiger partial charge >= 0.3 is 0 Å². The number of quaternary nitrogens is 1. The van der Waals surface area contributed by atoms with Gasteiger partial charge in [-0.2, -0.15) is 0 Å². The van der Waals surface area contributed by atoms with E-state index in [2.05, 4.69) is 12.1 Å². The van der Waals surface area contributed by atoms with E-state index in [0.717, 1.165) is 44.2 Å². The van der Waals surface area contributed by atoms with Crippen LogP contribution in [-0.4, -0.2) is 50.2 Å². The van der Waals surface area contributed by atoms with Crippen molar-refractivity contribution in [3.8, 4) is 11.5 Å². The summed E-state index contributed by atoms with van der Waals surface area (Å²) in [6.45, 7) is 5.51. The number of nitrogens with one attached hydrogen (secondary N) is 1. The van der Waals surface area contributed by atoms with Gasteiger partial charge in [0.05, 0.1) is 32.4 Å². The highest BCUT2D eigenvalue weighted by atomic mass is 16.6. The molecule has 6 heteroatoms. The molecule has 4 rings (SSSR count). The van der Waals surface area contributed by atoms with Crippen LogP contribution in [0.3, 0.4) is 0 Å². The fourth-order valence-electron chi connectivity index (χ4n) is 3.25. The number of fused-ring (bicyclic) bond motifs is 1. The maximum atomic E-state index is 12.3. The Labute approximate surface area is 140 Å². The molecule has 1 aromatic carbocycles. The van der Waals surface area contributed by atoms with Crippen LogP contribution in [0.2, 0.25) is 0 Å². The first-order valence-corrected chi connectivity index (χ1v) is 8.34. The molecule has 0 saturated carbocycles. The summed E-state index contributed by atoms with van der Waals surface area (Å²) in [4.78, 5) is 15.6. The van der Waals surface area contributed by atoms with E-state index >= 15 is 0 Å². The van der Waals surface area contributed by atoms with Crippen molar-refractivity contribution in [2.75, 3.05) is 39.4 Å². The van der Waals surface area contributed by atoms with Crippen LogP contribution >= 0.6 is 0 Å². The highest BCUT2D eigenvalue weighted by Gasteiger charge is 2.26. The summed E-state index contributed by atoms with van der Waals surface area (Å²) in [6, 6.07) is 9.62. The average molecular weight is 329 g/mol. The standard InChI is InChI=1S/C18H20N2O4/c21-18(16-2-1-9-22-16)20-7-5-19(6-8-20)13-14-3-4-15-17(12-14)24-11-10-23-15/h1-4,9,12H,5-8,10-11,13H2/p+1. The molecule has 0 bridgehead atoms. The number of carbonyl (C=O) groups is 1. The van der Waals surface area contributed by atoms with Gasteiger partial charge in [-0.1, -0.05) is 0 Å². The number of nitrogens with zero attached hydrogens (tertiary/aromatic N) is 1. The minimum Gasteiger partial charge on any atom is -0.486 e. The predicted octanol–water partition coefficient (Wildman–Crippen LogP) is 0.592. The van der Waals surface area contributed by atoms with Gasteiger partial charge in [0.25, 0.3) is 5.91 Å². The van der Waals surface area contributed by atoms with Crippen molar-refractivity contribution in [1.82, 2.24) is 4.90 Å². The SMILES string of the molecule is O=C(c1ccco1)N1CC[NH+](Cc2ccc3c(c2)OCCO3)CC1. The van der Waals surface area contributed by atoms with E-state index in [4.69, 9.17) is 13.9 Å². The molecule has 1 fully saturated rings. The van der Waals surface area contributed by atoms with Crippen molar-refractivity contribution in [3.05, 3.63) is 47.9 Å². The number of amides is 1. The normalized spacial score (nSPS) is 17.8. The highest BCUT2D eigenvalue weighted by molar-refractivity contribution is 5.91. The molecule has 24 heavy (non-hydrogen) atoms. The van der Waals surface area contributed by atoms with Crippen molar-refractivity contribution >= 4 is 5.91 Å². The summed E-state index contributed by atoms with van der Waals surface area (Å²) in [6.07, 6.45) is 1.54. The van der Waals surface area contributed by atoms with Gasteiger partial charge in [0.15, 0.2) is 17.3 Å². The quantitative estimate of drug-likeness (QED) is 0.896. The molecule has 1 saturated heterocycles. The molecule has 1 N–H and O–H groups in total. The molecule has 2 aromatic rings. The lowest BCUT2D eigenvalue weighted by atomic mass is 10.1. The zero-order valence-electron chi connectivity index (χ0n) is 13.5. The van der Waals surface area contributed by atoms with Gasteiger partial charge in [-0.05, 0) is 30.3 Å². The number of furan rings is 1. The average Bonchev–Trinajstić information content (AvgIpc) is 3.16. The fraction of sp³-hybridized carbons (Fsp3) is 0.389. The van der Waals surface area contributed by atoms with Crippen LogP contribution in [0, 0.1) is 0 Å². The largest absolute Gasteiger partial charge is 0.486 e. The Morgan fingerprint density at radius 3 is 2.62 bits per heavy atom. The van der Waals surface area contributed by atoms with Crippen LogP contribution in [0.25, 0.3) is 0 Å². The lowest BCUT2D eigenvalue weighted by molar-refractivity contribution is -0.917. The van der Waals surface area contributed by atoms with Gasteiger partial charge in [0.2, 0.25) is 0 Å². The lowest BCUT2D eigenvalue weighted by Crippen LogP contribution is -3.13. The third-order valence-electron chi connectivity index (χ3n) is 4.55. The summed E-state index contributed by atoms with van der Waals surface area (Å²) in [7, 11) is 0. The second-order valence-corrected chi connectivity index (χ2v) is 6.17. The molecule has 1 aromatic heterocycles. The summed E-state index contributed by atoms with van der Waals surface area (Å²) in [5, 5.41) is 0. The zero-order chi connectivity index (χ0) is 16.4. The monoisotopic (exact) mass is 329 g/mol. The van der Waals surface area contributed by atoms with Gasteiger partial charge in [-0.15, -0.1) is 0 Å². The number of rotatable bonds is 3. The van der Waals surface area contributed by atoms with E-state index in [9.17, 15) is 4.79 Å². The molecule has 0 atom stereocenters. The molecule has 2 aliphatic rings. The van der Waals surface area contributed by atoms with Gasteiger partial charge in [-0.3, -0.25) is 4.79 Å². The van der Waals surface area contributed by atoms with E-state index in [1.54, 1.807) is 12.1 Å². The zero-order valence-corrected chi connectivity index (χ0v) is 13.5. The predicted molar refractivity (Wildman–Crippen MR) is 86.4 cm³/mol. The Balaban J connectivity index is 1.34. The smallest absolute Gasteiger partial charge is 0.289 e. The molecule has 3 heterocycles. The van der Waals surface area contributed by atoms with E-state index in [1.807, 2.05) is 11.0 Å². The molecule has 0 aliphatic carbocycles. The van der Waals surface area contributed by atoms with Crippen molar-refractivity contribution < 1.29 is 23.6 Å². The molecule has 126 valence electrons. The van der Waals surface area contributed by atoms with Crippen LogP contribution in [0.1, 0.15) is 16.1 Å². The first-order valence-electron chi connectivity index (χ1n) is 8.34. The molecular weight excluding hydrogens is 308 g/mol. The second-order valence-electron chi connectivity index (χ2n) is 6.17.